The molecule has 2 N–H and O–H groups in total. The molecular weight excluding hydrogens is 368 g/mol. The van der Waals surface area contributed by atoms with Crippen molar-refractivity contribution in [1.29, 1.82) is 0 Å². The van der Waals surface area contributed by atoms with Gasteiger partial charge in [0.15, 0.2) is 0 Å². The van der Waals surface area contributed by atoms with Gasteiger partial charge in [0, 0.05) is 31.3 Å². The predicted molar refractivity (Wildman–Crippen MR) is 114 cm³/mol. The molecule has 3 rings (SSSR count). The molecule has 0 saturated heterocycles. The quantitative estimate of drug-likeness (QED) is 0.459. The summed E-state index contributed by atoms with van der Waals surface area (Å²) in [6.45, 7) is 3.19. The topological polar surface area (TPSA) is 67.1 Å². The van der Waals surface area contributed by atoms with Crippen molar-refractivity contribution in [2.45, 2.75) is 19.2 Å². The smallest absolute Gasteiger partial charge is 0.119 e. The molecule has 0 unspecified atom stereocenters. The van der Waals surface area contributed by atoms with Crippen molar-refractivity contribution in [3.05, 3.63) is 66.4 Å². The first kappa shape index (κ1) is 21.3. The van der Waals surface area contributed by atoms with Gasteiger partial charge in [-0.05, 0) is 42.3 Å². The number of hydrogen-bond acceptors (Lipinski definition) is 5. The summed E-state index contributed by atoms with van der Waals surface area (Å²) in [5, 5.41) is 20.4. The maximum Gasteiger partial charge on any atom is 0.119 e. The average Bonchev–Trinajstić information content (AvgIpc) is 3.12. The molecule has 6 nitrogen and oxygen atoms in total. The number of rotatable bonds is 12. The van der Waals surface area contributed by atoms with Crippen molar-refractivity contribution in [3.63, 3.8) is 0 Å². The molecule has 0 fully saturated rings. The first-order chi connectivity index (χ1) is 14.2. The minimum absolute atomic E-state index is 0.0267. The van der Waals surface area contributed by atoms with Crippen molar-refractivity contribution < 1.29 is 19.7 Å². The van der Waals surface area contributed by atoms with Gasteiger partial charge in [0.05, 0.1) is 25.9 Å². The van der Waals surface area contributed by atoms with Gasteiger partial charge < -0.3 is 24.3 Å². The molecular formula is C23H30N2O4. The van der Waals surface area contributed by atoms with Crippen molar-refractivity contribution in [2.24, 2.45) is 0 Å². The van der Waals surface area contributed by atoms with Crippen LogP contribution < -0.4 is 4.74 Å². The lowest BCUT2D eigenvalue weighted by atomic mass is 10.2. The second kappa shape index (κ2) is 11.0. The van der Waals surface area contributed by atoms with Crippen molar-refractivity contribution in [3.8, 4) is 5.75 Å². The average molecular weight is 399 g/mol. The molecule has 0 amide bonds. The van der Waals surface area contributed by atoms with Crippen molar-refractivity contribution >= 4 is 10.9 Å². The minimum Gasteiger partial charge on any atom is -0.491 e. The van der Waals surface area contributed by atoms with E-state index >= 15 is 0 Å². The Morgan fingerprint density at radius 2 is 1.79 bits per heavy atom. The molecule has 1 heterocycles. The van der Waals surface area contributed by atoms with Crippen LogP contribution in [0.1, 0.15) is 5.56 Å². The molecule has 0 aliphatic rings. The molecule has 1 atom stereocenters. The van der Waals surface area contributed by atoms with E-state index in [1.807, 2.05) is 49.6 Å². The maximum absolute atomic E-state index is 10.5. The molecule has 2 aromatic carbocycles. The summed E-state index contributed by atoms with van der Waals surface area (Å²) in [5.41, 5.74) is 2.31. The standard InChI is InChI=1S/C23H30N2O4/c1-24(16-19-6-8-22(9-7-19)29-15-14-28-13-12-26)17-21(27)18-25-11-10-20-4-2-3-5-23(20)25/h2-11,21,26-27H,12-18H2,1H3/t21-/m1/s1. The van der Waals surface area contributed by atoms with Gasteiger partial charge in [0.2, 0.25) is 0 Å². The normalized spacial score (nSPS) is 12.6. The zero-order valence-electron chi connectivity index (χ0n) is 16.9. The van der Waals surface area contributed by atoms with Crippen LogP contribution in [0.4, 0.5) is 0 Å². The zero-order valence-corrected chi connectivity index (χ0v) is 16.9. The summed E-state index contributed by atoms with van der Waals surface area (Å²) < 4.78 is 12.9. The van der Waals surface area contributed by atoms with Crippen molar-refractivity contribution in [2.75, 3.05) is 40.0 Å². The Bertz CT molecular complexity index is 863. The Hall–Kier alpha value is -2.38. The number of aliphatic hydroxyl groups is 2. The fraction of sp³-hybridized carbons (Fsp3) is 0.391. The van der Waals surface area contributed by atoms with Gasteiger partial charge in [0.25, 0.3) is 0 Å². The Balaban J connectivity index is 1.43. The van der Waals surface area contributed by atoms with Crippen LogP contribution in [0.5, 0.6) is 5.75 Å². The van der Waals surface area contributed by atoms with Crippen LogP contribution in [0.2, 0.25) is 0 Å². The number of nitrogens with zero attached hydrogens (tertiary/aromatic N) is 2. The number of hydrogen-bond donors (Lipinski definition) is 2. The van der Waals surface area contributed by atoms with Gasteiger partial charge in [-0.15, -0.1) is 0 Å². The van der Waals surface area contributed by atoms with E-state index in [4.69, 9.17) is 14.6 Å². The second-order valence-corrected chi connectivity index (χ2v) is 7.21. The van der Waals surface area contributed by atoms with E-state index in [9.17, 15) is 5.11 Å². The van der Waals surface area contributed by atoms with Crippen LogP contribution in [0.3, 0.4) is 0 Å². The first-order valence-electron chi connectivity index (χ1n) is 9.96. The molecule has 0 radical (unpaired) electrons. The largest absolute Gasteiger partial charge is 0.491 e. The number of para-hydroxylation sites is 1. The van der Waals surface area contributed by atoms with Gasteiger partial charge in [-0.25, -0.2) is 0 Å². The number of benzene rings is 2. The fourth-order valence-electron chi connectivity index (χ4n) is 3.40. The van der Waals surface area contributed by atoms with E-state index in [0.29, 0.717) is 32.9 Å². The zero-order chi connectivity index (χ0) is 20.5. The van der Waals surface area contributed by atoms with Crippen LogP contribution >= 0.6 is 0 Å². The molecule has 0 aliphatic carbocycles. The Kier molecular flexibility index (Phi) is 8.07. The number of ether oxygens (including phenoxy) is 2. The molecule has 1 aromatic heterocycles. The number of fused-ring (bicyclic) bond motifs is 1. The first-order valence-corrected chi connectivity index (χ1v) is 9.96. The number of likely N-dealkylation sites (N-methyl/N-ethyl adjacent to an activating group) is 1. The number of aliphatic hydroxyl groups excluding tert-OH is 2. The molecule has 3 aromatic rings. The second-order valence-electron chi connectivity index (χ2n) is 7.21. The highest BCUT2D eigenvalue weighted by atomic mass is 16.5. The lowest BCUT2D eigenvalue weighted by Gasteiger charge is -2.21. The minimum atomic E-state index is -0.447. The molecule has 0 bridgehead atoms. The Morgan fingerprint density at radius 3 is 2.59 bits per heavy atom. The Labute approximate surface area is 171 Å². The summed E-state index contributed by atoms with van der Waals surface area (Å²) in [6, 6.07) is 18.2. The van der Waals surface area contributed by atoms with Crippen LogP contribution in [0.25, 0.3) is 10.9 Å². The van der Waals surface area contributed by atoms with Crippen LogP contribution in [0, 0.1) is 0 Å². The highest BCUT2D eigenvalue weighted by molar-refractivity contribution is 5.79. The highest BCUT2D eigenvalue weighted by Crippen LogP contribution is 2.16. The summed E-state index contributed by atoms with van der Waals surface area (Å²) >= 11 is 0. The van der Waals surface area contributed by atoms with Crippen LogP contribution in [-0.2, 0) is 17.8 Å². The lowest BCUT2D eigenvalue weighted by molar-refractivity contribution is 0.0705. The third-order valence-corrected chi connectivity index (χ3v) is 4.72. The van der Waals surface area contributed by atoms with E-state index in [2.05, 4.69) is 27.7 Å². The molecule has 6 heteroatoms. The number of aromatic nitrogens is 1. The Morgan fingerprint density at radius 1 is 1.00 bits per heavy atom. The predicted octanol–water partition coefficient (Wildman–Crippen LogP) is 2.52. The van der Waals surface area contributed by atoms with Crippen LogP contribution in [0.15, 0.2) is 60.8 Å². The summed E-state index contributed by atoms with van der Waals surface area (Å²) in [7, 11) is 2.01. The van der Waals surface area contributed by atoms with Gasteiger partial charge in [0.1, 0.15) is 12.4 Å². The molecule has 0 aliphatic heterocycles. The van der Waals surface area contributed by atoms with E-state index in [0.717, 1.165) is 23.4 Å². The van der Waals surface area contributed by atoms with E-state index in [1.165, 1.54) is 5.39 Å². The van der Waals surface area contributed by atoms with Gasteiger partial charge in [-0.1, -0.05) is 30.3 Å². The molecule has 29 heavy (non-hydrogen) atoms. The SMILES string of the molecule is CN(Cc1ccc(OCCOCCO)cc1)C[C@@H](O)Cn1ccc2ccccc21. The maximum atomic E-state index is 10.5. The third-order valence-electron chi connectivity index (χ3n) is 4.72. The van der Waals surface area contributed by atoms with Gasteiger partial charge >= 0.3 is 0 Å². The molecule has 0 saturated carbocycles. The van der Waals surface area contributed by atoms with Gasteiger partial charge in [-0.2, -0.15) is 0 Å². The van der Waals surface area contributed by atoms with E-state index in [1.54, 1.807) is 0 Å². The highest BCUT2D eigenvalue weighted by Gasteiger charge is 2.11. The fourth-order valence-corrected chi connectivity index (χ4v) is 3.40. The molecule has 0 spiro atoms. The van der Waals surface area contributed by atoms with Crippen LogP contribution in [-0.4, -0.2) is 65.8 Å². The summed E-state index contributed by atoms with van der Waals surface area (Å²) in [4.78, 5) is 2.12. The van der Waals surface area contributed by atoms with Gasteiger partial charge in [-0.3, -0.25) is 4.90 Å². The summed E-state index contributed by atoms with van der Waals surface area (Å²) in [5.74, 6) is 0.795. The third kappa shape index (κ3) is 6.58. The lowest BCUT2D eigenvalue weighted by Crippen LogP contribution is -2.31. The van der Waals surface area contributed by atoms with Crippen molar-refractivity contribution in [1.82, 2.24) is 9.47 Å². The molecule has 156 valence electrons. The van der Waals surface area contributed by atoms with E-state index in [-0.39, 0.29) is 6.61 Å². The monoisotopic (exact) mass is 398 g/mol. The van der Waals surface area contributed by atoms with E-state index < -0.39 is 6.10 Å². The summed E-state index contributed by atoms with van der Waals surface area (Å²) in [6.07, 6.45) is 1.58.